The molecule has 1 saturated heterocycles. The Morgan fingerprint density at radius 3 is 2.52 bits per heavy atom. The molecule has 7 heteroatoms. The van der Waals surface area contributed by atoms with Crippen molar-refractivity contribution in [1.82, 2.24) is 14.8 Å². The number of halogens is 1. The third-order valence-corrected chi connectivity index (χ3v) is 5.25. The van der Waals surface area contributed by atoms with Gasteiger partial charge in [0, 0.05) is 50.0 Å². The Morgan fingerprint density at radius 2 is 1.79 bits per heavy atom. The van der Waals surface area contributed by atoms with Crippen molar-refractivity contribution < 1.29 is 14.0 Å². The lowest BCUT2D eigenvalue weighted by Crippen LogP contribution is -2.51. The summed E-state index contributed by atoms with van der Waals surface area (Å²) < 4.78 is 14.0. The molecule has 29 heavy (non-hydrogen) atoms. The van der Waals surface area contributed by atoms with Gasteiger partial charge in [0.1, 0.15) is 5.82 Å². The van der Waals surface area contributed by atoms with Crippen LogP contribution in [0.5, 0.6) is 0 Å². The lowest BCUT2D eigenvalue weighted by atomic mass is 10.1. The van der Waals surface area contributed by atoms with Crippen LogP contribution >= 0.6 is 0 Å². The van der Waals surface area contributed by atoms with Gasteiger partial charge in [-0.15, -0.1) is 0 Å². The molecule has 1 aromatic heterocycles. The van der Waals surface area contributed by atoms with Gasteiger partial charge in [-0.3, -0.25) is 14.5 Å². The second-order valence-electron chi connectivity index (χ2n) is 7.41. The van der Waals surface area contributed by atoms with Gasteiger partial charge in [0.05, 0.1) is 5.52 Å². The Kier molecular flexibility index (Phi) is 5.31. The topological polar surface area (TPSA) is 68.4 Å². The summed E-state index contributed by atoms with van der Waals surface area (Å²) >= 11 is 0. The summed E-state index contributed by atoms with van der Waals surface area (Å²) in [6.07, 6.45) is 1.63. The molecule has 1 fully saturated rings. The average Bonchev–Trinajstić information content (AvgIpc) is 3.19. The molecule has 2 aromatic carbocycles. The molecule has 0 atom stereocenters. The largest absolute Gasteiger partial charge is 0.359 e. The van der Waals surface area contributed by atoms with Crippen molar-refractivity contribution in [2.75, 3.05) is 31.5 Å². The molecule has 0 saturated carbocycles. The zero-order valence-corrected chi connectivity index (χ0v) is 16.2. The number of aromatic nitrogens is 1. The van der Waals surface area contributed by atoms with Gasteiger partial charge < -0.3 is 15.2 Å². The highest BCUT2D eigenvalue weighted by molar-refractivity contribution is 6.39. The number of carbonyl (C=O) groups excluding carboxylic acids is 2. The van der Waals surface area contributed by atoms with Gasteiger partial charge >= 0.3 is 11.8 Å². The number of hydrogen-bond acceptors (Lipinski definition) is 3. The van der Waals surface area contributed by atoms with E-state index in [0.29, 0.717) is 37.1 Å². The van der Waals surface area contributed by atoms with Crippen LogP contribution in [0.1, 0.15) is 11.1 Å². The van der Waals surface area contributed by atoms with Gasteiger partial charge in [-0.05, 0) is 30.7 Å². The van der Waals surface area contributed by atoms with Crippen LogP contribution in [0.4, 0.5) is 10.1 Å². The first-order valence-corrected chi connectivity index (χ1v) is 9.64. The molecule has 0 unspecified atom stereocenters. The van der Waals surface area contributed by atoms with Gasteiger partial charge in [-0.1, -0.05) is 29.8 Å². The molecular weight excluding hydrogens is 371 g/mol. The van der Waals surface area contributed by atoms with Gasteiger partial charge in [0.25, 0.3) is 0 Å². The smallest absolute Gasteiger partial charge is 0.313 e. The molecule has 3 aromatic rings. The Balaban J connectivity index is 1.32. The predicted octanol–water partition coefficient (Wildman–Crippen LogP) is 2.90. The van der Waals surface area contributed by atoms with Crippen molar-refractivity contribution in [3.05, 3.63) is 65.6 Å². The number of H-pyrrole nitrogens is 1. The van der Waals surface area contributed by atoms with Crippen molar-refractivity contribution >= 4 is 28.4 Å². The Labute approximate surface area is 168 Å². The summed E-state index contributed by atoms with van der Waals surface area (Å²) in [4.78, 5) is 31.5. The first-order chi connectivity index (χ1) is 14.0. The van der Waals surface area contributed by atoms with E-state index in [0.717, 1.165) is 6.54 Å². The third kappa shape index (κ3) is 4.30. The number of aryl methyl sites for hydroxylation is 1. The molecule has 2 N–H and O–H groups in total. The molecular formula is C22H23FN4O2. The van der Waals surface area contributed by atoms with Crippen molar-refractivity contribution in [3.63, 3.8) is 0 Å². The number of fused-ring (bicyclic) bond motifs is 1. The summed E-state index contributed by atoms with van der Waals surface area (Å²) in [5.41, 5.74) is 3.10. The Bertz CT molecular complexity index is 1040. The van der Waals surface area contributed by atoms with E-state index in [2.05, 4.69) is 46.4 Å². The van der Waals surface area contributed by atoms with Crippen molar-refractivity contribution in [1.29, 1.82) is 0 Å². The number of aromatic amines is 1. The van der Waals surface area contributed by atoms with Crippen LogP contribution in [0.25, 0.3) is 10.9 Å². The van der Waals surface area contributed by atoms with E-state index in [1.165, 1.54) is 17.2 Å². The SMILES string of the molecule is Cc1ccc(CN2CCN(C(=O)C(=O)Nc3cc(F)c4[nH]ccc4c3)CC2)cc1. The summed E-state index contributed by atoms with van der Waals surface area (Å²) in [7, 11) is 0. The van der Waals surface area contributed by atoms with Crippen LogP contribution in [0.2, 0.25) is 0 Å². The number of rotatable bonds is 3. The maximum atomic E-state index is 14.0. The standard InChI is InChI=1S/C22H23FN4O2/c1-15-2-4-16(5-3-15)14-26-8-10-27(11-9-26)22(29)21(28)25-18-12-17-6-7-24-20(17)19(23)13-18/h2-7,12-13,24H,8-11,14H2,1H3,(H,25,28). The van der Waals surface area contributed by atoms with E-state index in [1.54, 1.807) is 23.2 Å². The second kappa shape index (κ2) is 8.05. The van der Waals surface area contributed by atoms with Crippen molar-refractivity contribution in [2.45, 2.75) is 13.5 Å². The summed E-state index contributed by atoms with van der Waals surface area (Å²) in [5, 5.41) is 3.16. The van der Waals surface area contributed by atoms with Crippen LogP contribution in [-0.2, 0) is 16.1 Å². The number of piperazine rings is 1. The Hall–Kier alpha value is -3.19. The lowest BCUT2D eigenvalue weighted by Gasteiger charge is -2.34. The first kappa shape index (κ1) is 19.1. The minimum absolute atomic E-state index is 0.269. The highest BCUT2D eigenvalue weighted by atomic mass is 19.1. The second-order valence-corrected chi connectivity index (χ2v) is 7.41. The molecule has 0 bridgehead atoms. The highest BCUT2D eigenvalue weighted by Gasteiger charge is 2.26. The van der Waals surface area contributed by atoms with E-state index in [1.807, 2.05) is 0 Å². The molecule has 0 radical (unpaired) electrons. The number of anilines is 1. The molecule has 150 valence electrons. The number of amides is 2. The van der Waals surface area contributed by atoms with Gasteiger partial charge in [0.15, 0.2) is 0 Å². The molecule has 4 rings (SSSR count). The number of nitrogens with one attached hydrogen (secondary N) is 2. The summed E-state index contributed by atoms with van der Waals surface area (Å²) in [6.45, 7) is 5.27. The van der Waals surface area contributed by atoms with Gasteiger partial charge in [-0.2, -0.15) is 0 Å². The molecule has 1 aliphatic rings. The fraction of sp³-hybridized carbons (Fsp3) is 0.273. The monoisotopic (exact) mass is 394 g/mol. The summed E-state index contributed by atoms with van der Waals surface area (Å²) in [6, 6.07) is 13.0. The molecule has 1 aliphatic heterocycles. The van der Waals surface area contributed by atoms with E-state index in [4.69, 9.17) is 0 Å². The van der Waals surface area contributed by atoms with Gasteiger partial charge in [0.2, 0.25) is 0 Å². The van der Waals surface area contributed by atoms with Crippen LogP contribution in [-0.4, -0.2) is 52.8 Å². The van der Waals surface area contributed by atoms with Crippen LogP contribution in [0.3, 0.4) is 0 Å². The van der Waals surface area contributed by atoms with Crippen LogP contribution < -0.4 is 5.32 Å². The molecule has 0 spiro atoms. The minimum Gasteiger partial charge on any atom is -0.359 e. The first-order valence-electron chi connectivity index (χ1n) is 9.64. The average molecular weight is 394 g/mol. The summed E-state index contributed by atoms with van der Waals surface area (Å²) in [5.74, 6) is -1.80. The maximum Gasteiger partial charge on any atom is 0.313 e. The zero-order chi connectivity index (χ0) is 20.4. The van der Waals surface area contributed by atoms with E-state index < -0.39 is 17.6 Å². The van der Waals surface area contributed by atoms with E-state index >= 15 is 0 Å². The zero-order valence-electron chi connectivity index (χ0n) is 16.2. The minimum atomic E-state index is -0.744. The number of nitrogens with zero attached hydrogens (tertiary/aromatic N) is 2. The number of carbonyl (C=O) groups is 2. The van der Waals surface area contributed by atoms with Crippen LogP contribution in [0.15, 0.2) is 48.7 Å². The lowest BCUT2D eigenvalue weighted by molar-refractivity contribution is -0.144. The fourth-order valence-electron chi connectivity index (χ4n) is 3.59. The normalized spacial score (nSPS) is 14.9. The number of hydrogen-bond donors (Lipinski definition) is 2. The number of benzene rings is 2. The molecule has 0 aliphatic carbocycles. The van der Waals surface area contributed by atoms with Crippen molar-refractivity contribution in [3.8, 4) is 0 Å². The van der Waals surface area contributed by atoms with Crippen molar-refractivity contribution in [2.24, 2.45) is 0 Å². The molecule has 2 amide bonds. The van der Waals surface area contributed by atoms with E-state index in [-0.39, 0.29) is 5.69 Å². The maximum absolute atomic E-state index is 14.0. The van der Waals surface area contributed by atoms with Crippen LogP contribution in [0, 0.1) is 12.7 Å². The molecule has 6 nitrogen and oxygen atoms in total. The third-order valence-electron chi connectivity index (χ3n) is 5.25. The quantitative estimate of drug-likeness (QED) is 0.672. The fourth-order valence-corrected chi connectivity index (χ4v) is 3.59. The highest BCUT2D eigenvalue weighted by Crippen LogP contribution is 2.22. The molecule has 2 heterocycles. The van der Waals surface area contributed by atoms with Gasteiger partial charge in [-0.25, -0.2) is 4.39 Å². The Morgan fingerprint density at radius 1 is 1.07 bits per heavy atom. The predicted molar refractivity (Wildman–Crippen MR) is 110 cm³/mol. The van der Waals surface area contributed by atoms with E-state index in [9.17, 15) is 14.0 Å².